The van der Waals surface area contributed by atoms with E-state index >= 15 is 0 Å². The minimum atomic E-state index is -0.120. The van der Waals surface area contributed by atoms with Gasteiger partial charge in [0.25, 0.3) is 5.91 Å². The lowest BCUT2D eigenvalue weighted by Gasteiger charge is -2.27. The molecule has 0 aliphatic carbocycles. The van der Waals surface area contributed by atoms with E-state index in [1.165, 1.54) is 18.7 Å². The molecule has 3 atom stereocenters. The highest BCUT2D eigenvalue weighted by molar-refractivity contribution is 5.97. The van der Waals surface area contributed by atoms with Crippen LogP contribution in [0.1, 0.15) is 22.0 Å². The zero-order valence-corrected chi connectivity index (χ0v) is 17.7. The summed E-state index contributed by atoms with van der Waals surface area (Å²) >= 11 is 0. The van der Waals surface area contributed by atoms with Crippen LogP contribution >= 0.6 is 12.4 Å². The lowest BCUT2D eigenvalue weighted by molar-refractivity contribution is 0.0765. The Kier molecular flexibility index (Phi) is 6.24. The fraction of sp³-hybridized carbons (Fsp3) is 0.409. The van der Waals surface area contributed by atoms with Gasteiger partial charge in [0.05, 0.1) is 19.8 Å². The van der Waals surface area contributed by atoms with Crippen LogP contribution in [0.3, 0.4) is 0 Å². The number of halogens is 1. The number of carbonyl (C=O) groups excluding carboxylic acids is 1. The third-order valence-corrected chi connectivity index (χ3v) is 6.07. The van der Waals surface area contributed by atoms with Crippen LogP contribution in [-0.4, -0.2) is 61.7 Å². The van der Waals surface area contributed by atoms with E-state index in [9.17, 15) is 9.90 Å². The standard InChI is InChI=1S/C22H26N2O4.ClH/c1-23-11-15-12-24(22(26)18-9-8-17(28-3)10-20(18)25)13-19(15)21(23)14-4-6-16(27-2)7-5-14;/h4-10,15,19,21,25H,11-13H2,1-3H3;1H/t15-,19+,21-;/m0./s1. The first-order chi connectivity index (χ1) is 13.5. The van der Waals surface area contributed by atoms with Crippen molar-refractivity contribution in [3.05, 3.63) is 53.6 Å². The lowest BCUT2D eigenvalue weighted by Crippen LogP contribution is -2.33. The van der Waals surface area contributed by atoms with Gasteiger partial charge in [-0.1, -0.05) is 12.1 Å². The maximum Gasteiger partial charge on any atom is 0.257 e. The number of likely N-dealkylation sites (tertiary alicyclic amines) is 2. The van der Waals surface area contributed by atoms with Crippen LogP contribution in [0.5, 0.6) is 17.2 Å². The zero-order chi connectivity index (χ0) is 19.8. The number of ether oxygens (including phenoxy) is 2. The van der Waals surface area contributed by atoms with Gasteiger partial charge in [0.15, 0.2) is 0 Å². The van der Waals surface area contributed by atoms with Gasteiger partial charge in [-0.2, -0.15) is 0 Å². The van der Waals surface area contributed by atoms with E-state index in [0.717, 1.165) is 12.3 Å². The summed E-state index contributed by atoms with van der Waals surface area (Å²) in [6, 6.07) is 13.3. The number of benzene rings is 2. The molecular weight excluding hydrogens is 392 g/mol. The van der Waals surface area contributed by atoms with Crippen LogP contribution < -0.4 is 9.47 Å². The van der Waals surface area contributed by atoms with Crippen molar-refractivity contribution < 1.29 is 19.4 Å². The summed E-state index contributed by atoms with van der Waals surface area (Å²) < 4.78 is 10.4. The molecule has 2 saturated heterocycles. The summed E-state index contributed by atoms with van der Waals surface area (Å²) in [5.74, 6) is 2.03. The molecule has 2 aliphatic heterocycles. The fourth-order valence-corrected chi connectivity index (χ4v) is 4.72. The van der Waals surface area contributed by atoms with Gasteiger partial charge in [-0.05, 0) is 42.8 Å². The normalized spacial score (nSPS) is 23.4. The smallest absolute Gasteiger partial charge is 0.257 e. The van der Waals surface area contributed by atoms with E-state index in [4.69, 9.17) is 9.47 Å². The molecule has 0 unspecified atom stereocenters. The van der Waals surface area contributed by atoms with Gasteiger partial charge in [0.2, 0.25) is 0 Å². The molecule has 29 heavy (non-hydrogen) atoms. The van der Waals surface area contributed by atoms with Crippen molar-refractivity contribution in [1.29, 1.82) is 0 Å². The molecule has 1 amide bonds. The monoisotopic (exact) mass is 418 g/mol. The average Bonchev–Trinajstić information content (AvgIpc) is 3.24. The number of rotatable bonds is 4. The molecule has 0 aromatic heterocycles. The number of amides is 1. The van der Waals surface area contributed by atoms with Crippen molar-refractivity contribution in [1.82, 2.24) is 9.80 Å². The summed E-state index contributed by atoms with van der Waals surface area (Å²) in [7, 11) is 5.35. The van der Waals surface area contributed by atoms with Gasteiger partial charge in [-0.3, -0.25) is 9.69 Å². The van der Waals surface area contributed by atoms with E-state index in [-0.39, 0.29) is 30.1 Å². The molecule has 7 heteroatoms. The number of phenolic OH excluding ortho intramolecular Hbond substituents is 1. The maximum atomic E-state index is 13.0. The minimum absolute atomic E-state index is 0. The van der Waals surface area contributed by atoms with Crippen LogP contribution in [0.4, 0.5) is 0 Å². The second-order valence-corrected chi connectivity index (χ2v) is 7.67. The van der Waals surface area contributed by atoms with Crippen LogP contribution in [0, 0.1) is 11.8 Å². The van der Waals surface area contributed by atoms with E-state index < -0.39 is 0 Å². The Morgan fingerprint density at radius 1 is 1.00 bits per heavy atom. The quantitative estimate of drug-likeness (QED) is 0.826. The number of phenols is 1. The van der Waals surface area contributed by atoms with Crippen molar-refractivity contribution in [2.45, 2.75) is 6.04 Å². The summed E-state index contributed by atoms with van der Waals surface area (Å²) in [6.45, 7) is 2.36. The van der Waals surface area contributed by atoms with Gasteiger partial charge >= 0.3 is 0 Å². The molecule has 2 aromatic rings. The molecule has 156 valence electrons. The van der Waals surface area contributed by atoms with E-state index in [2.05, 4.69) is 24.1 Å². The number of methoxy groups -OCH3 is 2. The van der Waals surface area contributed by atoms with Crippen molar-refractivity contribution >= 4 is 18.3 Å². The molecule has 1 N–H and O–H groups in total. The first-order valence-corrected chi connectivity index (χ1v) is 9.52. The highest BCUT2D eigenvalue weighted by Crippen LogP contribution is 2.44. The molecule has 0 saturated carbocycles. The third-order valence-electron chi connectivity index (χ3n) is 6.07. The Morgan fingerprint density at radius 2 is 1.66 bits per heavy atom. The largest absolute Gasteiger partial charge is 0.507 e. The summed E-state index contributed by atoms with van der Waals surface area (Å²) in [5, 5.41) is 10.2. The molecule has 0 radical (unpaired) electrons. The van der Waals surface area contributed by atoms with Crippen molar-refractivity contribution in [3.63, 3.8) is 0 Å². The molecule has 2 aliphatic rings. The first kappa shape index (κ1) is 21.3. The van der Waals surface area contributed by atoms with Crippen LogP contribution in [0.25, 0.3) is 0 Å². The maximum absolute atomic E-state index is 13.0. The molecule has 2 heterocycles. The Balaban J connectivity index is 0.00000240. The van der Waals surface area contributed by atoms with Crippen LogP contribution in [0.2, 0.25) is 0 Å². The second kappa shape index (κ2) is 8.51. The van der Waals surface area contributed by atoms with Gasteiger partial charge in [0, 0.05) is 37.7 Å². The molecule has 6 nitrogen and oxygen atoms in total. The number of hydrogen-bond acceptors (Lipinski definition) is 5. The molecule has 2 aromatic carbocycles. The summed E-state index contributed by atoms with van der Waals surface area (Å²) in [5.41, 5.74) is 1.58. The first-order valence-electron chi connectivity index (χ1n) is 9.52. The Hall–Kier alpha value is -2.44. The zero-order valence-electron chi connectivity index (χ0n) is 16.9. The van der Waals surface area contributed by atoms with E-state index in [0.29, 0.717) is 36.2 Å². The predicted octanol–water partition coefficient (Wildman–Crippen LogP) is 3.21. The number of carbonyl (C=O) groups is 1. The number of nitrogens with zero attached hydrogens (tertiary/aromatic N) is 2. The second-order valence-electron chi connectivity index (χ2n) is 7.67. The van der Waals surface area contributed by atoms with E-state index in [1.54, 1.807) is 19.2 Å². The molecular formula is C22H27ClN2O4. The van der Waals surface area contributed by atoms with Crippen molar-refractivity contribution in [3.8, 4) is 17.2 Å². The van der Waals surface area contributed by atoms with Gasteiger partial charge in [-0.25, -0.2) is 0 Å². The Morgan fingerprint density at radius 3 is 2.28 bits per heavy atom. The minimum Gasteiger partial charge on any atom is -0.507 e. The Bertz CT molecular complexity index is 874. The molecule has 4 rings (SSSR count). The van der Waals surface area contributed by atoms with Gasteiger partial charge in [-0.15, -0.1) is 12.4 Å². The highest BCUT2D eigenvalue weighted by Gasteiger charge is 2.47. The van der Waals surface area contributed by atoms with Gasteiger partial charge < -0.3 is 19.5 Å². The van der Waals surface area contributed by atoms with Gasteiger partial charge in [0.1, 0.15) is 17.2 Å². The van der Waals surface area contributed by atoms with E-state index in [1.807, 2.05) is 17.0 Å². The average molecular weight is 419 g/mol. The summed E-state index contributed by atoms with van der Waals surface area (Å²) in [4.78, 5) is 17.3. The topological polar surface area (TPSA) is 62.2 Å². The van der Waals surface area contributed by atoms with Crippen LogP contribution in [-0.2, 0) is 0 Å². The lowest BCUT2D eigenvalue weighted by atomic mass is 9.89. The molecule has 0 bridgehead atoms. The number of fused-ring (bicyclic) bond motifs is 1. The highest BCUT2D eigenvalue weighted by atomic mass is 35.5. The molecule has 2 fully saturated rings. The number of hydrogen-bond donors (Lipinski definition) is 1. The third kappa shape index (κ3) is 3.87. The SMILES string of the molecule is COc1ccc([C@H]2[C@@H]3CN(C(=O)c4ccc(OC)cc4O)C[C@@H]3CN2C)cc1.Cl. The van der Waals surface area contributed by atoms with Crippen LogP contribution in [0.15, 0.2) is 42.5 Å². The van der Waals surface area contributed by atoms with Crippen molar-refractivity contribution in [2.24, 2.45) is 11.8 Å². The fourth-order valence-electron chi connectivity index (χ4n) is 4.72. The predicted molar refractivity (Wildman–Crippen MR) is 113 cm³/mol. The summed E-state index contributed by atoms with van der Waals surface area (Å²) in [6.07, 6.45) is 0. The van der Waals surface area contributed by atoms with Crippen molar-refractivity contribution in [2.75, 3.05) is 40.9 Å². The Labute approximate surface area is 177 Å². The molecule has 0 spiro atoms. The number of aromatic hydroxyl groups is 1.